The van der Waals surface area contributed by atoms with Crippen molar-refractivity contribution in [3.05, 3.63) is 70.7 Å². The fourth-order valence-corrected chi connectivity index (χ4v) is 5.03. The zero-order valence-corrected chi connectivity index (χ0v) is 23.2. The van der Waals surface area contributed by atoms with E-state index >= 15 is 0 Å². The van der Waals surface area contributed by atoms with Crippen molar-refractivity contribution >= 4 is 17.9 Å². The zero-order valence-electron chi connectivity index (χ0n) is 23.2. The zero-order chi connectivity index (χ0) is 28.8. The number of carbonyl (C=O) groups excluding carboxylic acids is 3. The highest BCUT2D eigenvalue weighted by atomic mass is 19.1. The Morgan fingerprint density at radius 3 is 2.48 bits per heavy atom. The highest BCUT2D eigenvalue weighted by molar-refractivity contribution is 5.95. The molecule has 0 saturated carbocycles. The lowest BCUT2D eigenvalue weighted by atomic mass is 9.94. The van der Waals surface area contributed by atoms with Crippen LogP contribution < -0.4 is 14.8 Å². The van der Waals surface area contributed by atoms with E-state index in [0.29, 0.717) is 60.9 Å². The standard InChI is InChI=1S/C29H35FN4O6/c1-5-40-28(36)25-22(32(2)29(37)31-26(25)19-11-12-23(38-3)24(17-19)39-4)18-33-13-8-14-34(16-15-33)27(35)20-9-6-7-10-21(20)30/h6-7,9-12,17,26H,5,8,13-16,18H2,1-4H3,(H,31,37). The summed E-state index contributed by atoms with van der Waals surface area (Å²) < 4.78 is 30.5. The lowest BCUT2D eigenvalue weighted by Crippen LogP contribution is -2.49. The third kappa shape index (κ3) is 6.04. The van der Waals surface area contributed by atoms with Gasteiger partial charge < -0.3 is 24.4 Å². The van der Waals surface area contributed by atoms with Gasteiger partial charge in [-0.25, -0.2) is 14.0 Å². The highest BCUT2D eigenvalue weighted by Gasteiger charge is 2.38. The first-order valence-corrected chi connectivity index (χ1v) is 13.2. The quantitative estimate of drug-likeness (QED) is 0.500. The second-order valence-electron chi connectivity index (χ2n) is 9.54. The molecule has 0 radical (unpaired) electrons. The van der Waals surface area contributed by atoms with Crippen LogP contribution in [0.1, 0.15) is 35.3 Å². The van der Waals surface area contributed by atoms with Crippen LogP contribution in [-0.4, -0.2) is 93.2 Å². The number of ether oxygens (including phenoxy) is 3. The van der Waals surface area contributed by atoms with E-state index in [0.717, 1.165) is 0 Å². The molecule has 40 heavy (non-hydrogen) atoms. The molecule has 3 amide bonds. The molecule has 0 spiro atoms. The number of benzene rings is 2. The second kappa shape index (κ2) is 12.8. The van der Waals surface area contributed by atoms with Crippen LogP contribution in [0.5, 0.6) is 11.5 Å². The molecule has 2 aromatic carbocycles. The first kappa shape index (κ1) is 28.9. The van der Waals surface area contributed by atoms with Crippen molar-refractivity contribution in [1.29, 1.82) is 0 Å². The van der Waals surface area contributed by atoms with Crippen LogP contribution >= 0.6 is 0 Å². The van der Waals surface area contributed by atoms with Crippen molar-refractivity contribution in [3.8, 4) is 11.5 Å². The fourth-order valence-electron chi connectivity index (χ4n) is 5.03. The minimum absolute atomic E-state index is 0.0460. The third-order valence-corrected chi connectivity index (χ3v) is 7.17. The van der Waals surface area contributed by atoms with Gasteiger partial charge in [0.1, 0.15) is 5.82 Å². The van der Waals surface area contributed by atoms with Crippen molar-refractivity contribution in [1.82, 2.24) is 20.0 Å². The summed E-state index contributed by atoms with van der Waals surface area (Å²) in [7, 11) is 4.66. The summed E-state index contributed by atoms with van der Waals surface area (Å²) >= 11 is 0. The fraction of sp³-hybridized carbons (Fsp3) is 0.414. The number of urea groups is 1. The van der Waals surface area contributed by atoms with Crippen LogP contribution in [0.3, 0.4) is 0 Å². The predicted octanol–water partition coefficient (Wildman–Crippen LogP) is 3.20. The number of nitrogens with zero attached hydrogens (tertiary/aromatic N) is 3. The Balaban J connectivity index is 1.63. The Morgan fingerprint density at radius 1 is 1.02 bits per heavy atom. The Hall–Kier alpha value is -4.12. The molecule has 2 aliphatic heterocycles. The van der Waals surface area contributed by atoms with Crippen LogP contribution in [-0.2, 0) is 9.53 Å². The van der Waals surface area contributed by atoms with E-state index in [1.54, 1.807) is 49.2 Å². The molecule has 2 heterocycles. The van der Waals surface area contributed by atoms with Gasteiger partial charge in [-0.05, 0) is 43.2 Å². The maximum atomic E-state index is 14.2. The predicted molar refractivity (Wildman–Crippen MR) is 146 cm³/mol. The summed E-state index contributed by atoms with van der Waals surface area (Å²) in [5.41, 5.74) is 1.51. The summed E-state index contributed by atoms with van der Waals surface area (Å²) in [6.07, 6.45) is 0.650. The lowest BCUT2D eigenvalue weighted by Gasteiger charge is -2.36. The number of nitrogens with one attached hydrogen (secondary N) is 1. The van der Waals surface area contributed by atoms with Crippen LogP contribution in [0.2, 0.25) is 0 Å². The smallest absolute Gasteiger partial charge is 0.338 e. The molecular weight excluding hydrogens is 519 g/mol. The Morgan fingerprint density at radius 2 is 1.77 bits per heavy atom. The summed E-state index contributed by atoms with van der Waals surface area (Å²) in [5, 5.41) is 2.91. The van der Waals surface area contributed by atoms with Gasteiger partial charge in [0.15, 0.2) is 11.5 Å². The molecule has 0 aromatic heterocycles. The first-order valence-electron chi connectivity index (χ1n) is 13.2. The van der Waals surface area contributed by atoms with E-state index in [1.165, 1.54) is 31.3 Å². The minimum atomic E-state index is -0.774. The van der Waals surface area contributed by atoms with Gasteiger partial charge in [0.25, 0.3) is 5.91 Å². The molecule has 0 bridgehead atoms. The number of likely N-dealkylation sites (N-methyl/N-ethyl adjacent to an activating group) is 1. The van der Waals surface area contributed by atoms with Crippen LogP contribution in [0.25, 0.3) is 0 Å². The van der Waals surface area contributed by atoms with Crippen molar-refractivity contribution < 1.29 is 33.0 Å². The van der Waals surface area contributed by atoms with Crippen LogP contribution in [0, 0.1) is 5.82 Å². The Bertz CT molecular complexity index is 1300. The normalized spacial score (nSPS) is 18.2. The molecule has 4 rings (SSSR count). The molecular formula is C29H35FN4O6. The highest BCUT2D eigenvalue weighted by Crippen LogP contribution is 2.36. The van der Waals surface area contributed by atoms with E-state index in [9.17, 15) is 18.8 Å². The molecule has 10 nitrogen and oxygen atoms in total. The van der Waals surface area contributed by atoms with Gasteiger partial charge in [-0.2, -0.15) is 0 Å². The van der Waals surface area contributed by atoms with Crippen molar-refractivity contribution in [2.24, 2.45) is 0 Å². The summed E-state index contributed by atoms with van der Waals surface area (Å²) in [4.78, 5) is 44.6. The van der Waals surface area contributed by atoms with Gasteiger partial charge in [0.2, 0.25) is 0 Å². The maximum Gasteiger partial charge on any atom is 0.338 e. The minimum Gasteiger partial charge on any atom is -0.493 e. The van der Waals surface area contributed by atoms with Gasteiger partial charge in [-0.1, -0.05) is 18.2 Å². The number of hydrogen-bond donors (Lipinski definition) is 1. The number of carbonyl (C=O) groups is 3. The van der Waals surface area contributed by atoms with Gasteiger partial charge in [0, 0.05) is 45.5 Å². The Kier molecular flexibility index (Phi) is 9.26. The topological polar surface area (TPSA) is 101 Å². The van der Waals surface area contributed by atoms with E-state index in [2.05, 4.69) is 10.2 Å². The van der Waals surface area contributed by atoms with Crippen molar-refractivity contribution in [2.45, 2.75) is 19.4 Å². The van der Waals surface area contributed by atoms with E-state index < -0.39 is 17.8 Å². The summed E-state index contributed by atoms with van der Waals surface area (Å²) in [6, 6.07) is 10.0. The largest absolute Gasteiger partial charge is 0.493 e. The van der Waals surface area contributed by atoms with Gasteiger partial charge in [-0.3, -0.25) is 14.6 Å². The van der Waals surface area contributed by atoms with E-state index in [1.807, 2.05) is 0 Å². The first-order chi connectivity index (χ1) is 19.3. The molecule has 214 valence electrons. The molecule has 0 aliphatic carbocycles. The lowest BCUT2D eigenvalue weighted by molar-refractivity contribution is -0.139. The number of esters is 1. The number of hydrogen-bond acceptors (Lipinski definition) is 7. The SMILES string of the molecule is CCOC(=O)C1=C(CN2CCCN(C(=O)c3ccccc3F)CC2)N(C)C(=O)NC1c1ccc(OC)c(OC)c1. The molecule has 2 aliphatic rings. The van der Waals surface area contributed by atoms with Crippen LogP contribution in [0.4, 0.5) is 9.18 Å². The molecule has 1 atom stereocenters. The molecule has 1 N–H and O–H groups in total. The maximum absolute atomic E-state index is 14.2. The summed E-state index contributed by atoms with van der Waals surface area (Å²) in [6.45, 7) is 4.13. The van der Waals surface area contributed by atoms with Crippen molar-refractivity contribution in [2.75, 3.05) is 60.6 Å². The van der Waals surface area contributed by atoms with E-state index in [4.69, 9.17) is 14.2 Å². The molecule has 1 unspecified atom stereocenters. The Labute approximate surface area is 233 Å². The average Bonchev–Trinajstić information content (AvgIpc) is 3.20. The number of amides is 3. The monoisotopic (exact) mass is 554 g/mol. The average molecular weight is 555 g/mol. The molecule has 11 heteroatoms. The number of rotatable bonds is 8. The number of halogens is 1. The van der Waals surface area contributed by atoms with Gasteiger partial charge in [-0.15, -0.1) is 0 Å². The van der Waals surface area contributed by atoms with Gasteiger partial charge >= 0.3 is 12.0 Å². The van der Waals surface area contributed by atoms with Gasteiger partial charge in [0.05, 0.1) is 38.0 Å². The molecule has 1 saturated heterocycles. The number of methoxy groups -OCH3 is 2. The summed E-state index contributed by atoms with van der Waals surface area (Å²) in [5.74, 6) is -0.449. The third-order valence-electron chi connectivity index (χ3n) is 7.17. The molecule has 2 aromatic rings. The molecule has 1 fully saturated rings. The second-order valence-corrected chi connectivity index (χ2v) is 9.54. The van der Waals surface area contributed by atoms with E-state index in [-0.39, 0.29) is 30.7 Å². The van der Waals surface area contributed by atoms with Crippen molar-refractivity contribution in [3.63, 3.8) is 0 Å². The van der Waals surface area contributed by atoms with Crippen LogP contribution in [0.15, 0.2) is 53.7 Å².